The van der Waals surface area contributed by atoms with Crippen LogP contribution in [0.15, 0.2) is 60.7 Å². The number of aliphatic hydroxyl groups is 1. The summed E-state index contributed by atoms with van der Waals surface area (Å²) in [5.41, 5.74) is 2.44. The maximum atomic E-state index is 10.6. The average molecular weight is 323 g/mol. The minimum absolute atomic E-state index is 0.341. The molecule has 1 unspecified atom stereocenters. The Hall–Kier alpha value is -1.64. The van der Waals surface area contributed by atoms with Crippen molar-refractivity contribution >= 4 is 0 Å². The maximum absolute atomic E-state index is 10.6. The van der Waals surface area contributed by atoms with Crippen LogP contribution in [0.25, 0.3) is 0 Å². The Kier molecular flexibility index (Phi) is 6.06. The van der Waals surface area contributed by atoms with Gasteiger partial charge in [0.25, 0.3) is 0 Å². The van der Waals surface area contributed by atoms with Gasteiger partial charge < -0.3 is 5.11 Å². The van der Waals surface area contributed by atoms with Crippen LogP contribution in [0.2, 0.25) is 0 Å². The van der Waals surface area contributed by atoms with Gasteiger partial charge in [0.15, 0.2) is 0 Å². The molecule has 2 heteroatoms. The first-order valence-electron chi connectivity index (χ1n) is 9.29. The van der Waals surface area contributed by atoms with E-state index in [1.807, 2.05) is 30.3 Å². The van der Waals surface area contributed by atoms with Crippen molar-refractivity contribution in [3.63, 3.8) is 0 Å². The molecule has 2 aromatic rings. The standard InChI is InChI=1S/C22H29NO/c1-2-9-21-20(16-22(24)19-12-7-4-8-13-19)14-15-23(21)17-18-10-5-3-6-11-18/h3-8,10-13,20-22,24H,2,9,14-17H2,1H3/t20-,21+,22?/m1/s1. The maximum Gasteiger partial charge on any atom is 0.0793 e. The highest BCUT2D eigenvalue weighted by Gasteiger charge is 2.34. The first-order chi connectivity index (χ1) is 11.8. The molecule has 2 nitrogen and oxygen atoms in total. The highest BCUT2D eigenvalue weighted by molar-refractivity contribution is 5.18. The Morgan fingerprint density at radius 1 is 1.04 bits per heavy atom. The topological polar surface area (TPSA) is 23.5 Å². The highest BCUT2D eigenvalue weighted by atomic mass is 16.3. The molecule has 0 aliphatic carbocycles. The molecule has 0 saturated carbocycles. The van der Waals surface area contributed by atoms with E-state index in [0.717, 1.165) is 25.1 Å². The minimum atomic E-state index is -0.341. The predicted molar refractivity (Wildman–Crippen MR) is 99.7 cm³/mol. The average Bonchev–Trinajstić information content (AvgIpc) is 2.99. The summed E-state index contributed by atoms with van der Waals surface area (Å²) in [6, 6.07) is 21.5. The summed E-state index contributed by atoms with van der Waals surface area (Å²) in [5, 5.41) is 10.6. The van der Waals surface area contributed by atoms with Crippen molar-refractivity contribution in [3.05, 3.63) is 71.8 Å². The first-order valence-corrected chi connectivity index (χ1v) is 9.29. The molecule has 1 heterocycles. The predicted octanol–water partition coefficient (Wildman–Crippen LogP) is 4.80. The van der Waals surface area contributed by atoms with E-state index in [1.54, 1.807) is 0 Å². The van der Waals surface area contributed by atoms with Crippen molar-refractivity contribution < 1.29 is 5.11 Å². The van der Waals surface area contributed by atoms with Gasteiger partial charge in [0.05, 0.1) is 6.10 Å². The van der Waals surface area contributed by atoms with Crippen molar-refractivity contribution in [1.29, 1.82) is 0 Å². The summed E-state index contributed by atoms with van der Waals surface area (Å²) >= 11 is 0. The number of nitrogens with zero attached hydrogens (tertiary/aromatic N) is 1. The molecule has 1 saturated heterocycles. The smallest absolute Gasteiger partial charge is 0.0793 e. The van der Waals surface area contributed by atoms with E-state index in [9.17, 15) is 5.11 Å². The largest absolute Gasteiger partial charge is 0.388 e. The zero-order valence-corrected chi connectivity index (χ0v) is 14.6. The van der Waals surface area contributed by atoms with Gasteiger partial charge in [-0.05, 0) is 42.9 Å². The Labute approximate surface area is 146 Å². The van der Waals surface area contributed by atoms with Crippen molar-refractivity contribution in [3.8, 4) is 0 Å². The molecule has 3 atom stereocenters. The number of hydrogen-bond acceptors (Lipinski definition) is 2. The molecular formula is C22H29NO. The molecule has 0 amide bonds. The summed E-state index contributed by atoms with van der Waals surface area (Å²) in [4.78, 5) is 2.63. The van der Waals surface area contributed by atoms with Gasteiger partial charge in [-0.1, -0.05) is 74.0 Å². The van der Waals surface area contributed by atoms with Gasteiger partial charge in [-0.3, -0.25) is 4.90 Å². The van der Waals surface area contributed by atoms with Gasteiger partial charge in [-0.15, -0.1) is 0 Å². The molecule has 1 fully saturated rings. The number of aliphatic hydroxyl groups excluding tert-OH is 1. The Bertz CT molecular complexity index is 598. The fourth-order valence-corrected chi connectivity index (χ4v) is 4.09. The lowest BCUT2D eigenvalue weighted by Crippen LogP contribution is -2.32. The lowest BCUT2D eigenvalue weighted by molar-refractivity contribution is 0.121. The summed E-state index contributed by atoms with van der Waals surface area (Å²) in [5.74, 6) is 0.587. The number of hydrogen-bond donors (Lipinski definition) is 1. The highest BCUT2D eigenvalue weighted by Crippen LogP contribution is 2.35. The number of rotatable bonds is 7. The molecule has 0 aromatic heterocycles. The fraction of sp³-hybridized carbons (Fsp3) is 0.455. The Balaban J connectivity index is 1.65. The van der Waals surface area contributed by atoms with E-state index in [4.69, 9.17) is 0 Å². The molecule has 1 N–H and O–H groups in total. The van der Waals surface area contributed by atoms with Crippen LogP contribution in [0.4, 0.5) is 0 Å². The Morgan fingerprint density at radius 3 is 2.38 bits per heavy atom. The molecular weight excluding hydrogens is 294 g/mol. The molecule has 24 heavy (non-hydrogen) atoms. The lowest BCUT2D eigenvalue weighted by Gasteiger charge is -2.29. The van der Waals surface area contributed by atoms with Gasteiger partial charge in [0.2, 0.25) is 0 Å². The molecule has 1 aliphatic heterocycles. The lowest BCUT2D eigenvalue weighted by atomic mass is 9.89. The second-order valence-corrected chi connectivity index (χ2v) is 7.02. The second kappa shape index (κ2) is 8.46. The third-order valence-corrected chi connectivity index (χ3v) is 5.32. The van der Waals surface area contributed by atoms with Gasteiger partial charge >= 0.3 is 0 Å². The normalized spacial score (nSPS) is 22.6. The molecule has 2 aromatic carbocycles. The summed E-state index contributed by atoms with van der Waals surface area (Å²) in [6.45, 7) is 4.44. The van der Waals surface area contributed by atoms with Gasteiger partial charge in [0, 0.05) is 12.6 Å². The van der Waals surface area contributed by atoms with Crippen LogP contribution in [0.3, 0.4) is 0 Å². The van der Waals surface area contributed by atoms with Crippen LogP contribution < -0.4 is 0 Å². The molecule has 1 aliphatic rings. The van der Waals surface area contributed by atoms with Crippen LogP contribution in [-0.2, 0) is 6.54 Å². The SMILES string of the molecule is CCC[C@H]1[C@@H](CC(O)c2ccccc2)CCN1Cc1ccccc1. The van der Waals surface area contributed by atoms with Crippen molar-refractivity contribution in [2.24, 2.45) is 5.92 Å². The summed E-state index contributed by atoms with van der Waals surface area (Å²) < 4.78 is 0. The van der Waals surface area contributed by atoms with Crippen LogP contribution >= 0.6 is 0 Å². The third kappa shape index (κ3) is 4.25. The van der Waals surface area contributed by atoms with E-state index in [1.165, 1.54) is 24.8 Å². The third-order valence-electron chi connectivity index (χ3n) is 5.32. The molecule has 3 rings (SSSR count). The fourth-order valence-electron chi connectivity index (χ4n) is 4.09. The number of benzene rings is 2. The van der Waals surface area contributed by atoms with Gasteiger partial charge in [-0.25, -0.2) is 0 Å². The van der Waals surface area contributed by atoms with Crippen LogP contribution in [0.5, 0.6) is 0 Å². The number of likely N-dealkylation sites (tertiary alicyclic amines) is 1. The first kappa shape index (κ1) is 17.2. The van der Waals surface area contributed by atoms with Crippen LogP contribution in [0.1, 0.15) is 49.8 Å². The van der Waals surface area contributed by atoms with Crippen LogP contribution in [0, 0.1) is 5.92 Å². The van der Waals surface area contributed by atoms with E-state index in [2.05, 4.69) is 42.2 Å². The minimum Gasteiger partial charge on any atom is -0.388 e. The van der Waals surface area contributed by atoms with E-state index in [0.29, 0.717) is 12.0 Å². The Morgan fingerprint density at radius 2 is 1.71 bits per heavy atom. The molecule has 0 spiro atoms. The molecule has 0 radical (unpaired) electrons. The second-order valence-electron chi connectivity index (χ2n) is 7.02. The summed E-state index contributed by atoms with van der Waals surface area (Å²) in [6.07, 6.45) is 4.15. The zero-order chi connectivity index (χ0) is 16.8. The van der Waals surface area contributed by atoms with Gasteiger partial charge in [0.1, 0.15) is 0 Å². The van der Waals surface area contributed by atoms with Crippen molar-refractivity contribution in [2.75, 3.05) is 6.54 Å². The van der Waals surface area contributed by atoms with Crippen molar-refractivity contribution in [2.45, 2.75) is 51.3 Å². The zero-order valence-electron chi connectivity index (χ0n) is 14.6. The van der Waals surface area contributed by atoms with Gasteiger partial charge in [-0.2, -0.15) is 0 Å². The molecule has 128 valence electrons. The van der Waals surface area contributed by atoms with E-state index in [-0.39, 0.29) is 6.10 Å². The van der Waals surface area contributed by atoms with Crippen LogP contribution in [-0.4, -0.2) is 22.6 Å². The summed E-state index contributed by atoms with van der Waals surface area (Å²) in [7, 11) is 0. The van der Waals surface area contributed by atoms with E-state index < -0.39 is 0 Å². The monoisotopic (exact) mass is 323 g/mol. The van der Waals surface area contributed by atoms with E-state index >= 15 is 0 Å². The van der Waals surface area contributed by atoms with Crippen molar-refractivity contribution in [1.82, 2.24) is 4.90 Å². The molecule has 0 bridgehead atoms. The quantitative estimate of drug-likeness (QED) is 0.791.